The second-order valence-corrected chi connectivity index (χ2v) is 4.46. The van der Waals surface area contributed by atoms with Gasteiger partial charge in [0.1, 0.15) is 5.67 Å². The predicted octanol–water partition coefficient (Wildman–Crippen LogP) is 3.28. The van der Waals surface area contributed by atoms with Gasteiger partial charge in [0.25, 0.3) is 0 Å². The molecule has 15 heavy (non-hydrogen) atoms. The van der Waals surface area contributed by atoms with Gasteiger partial charge in [-0.2, -0.15) is 0 Å². The van der Waals surface area contributed by atoms with Crippen molar-refractivity contribution in [2.24, 2.45) is 0 Å². The van der Waals surface area contributed by atoms with Gasteiger partial charge in [-0.3, -0.25) is 0 Å². The van der Waals surface area contributed by atoms with Crippen LogP contribution in [0.4, 0.5) is 4.39 Å². The first-order chi connectivity index (χ1) is 7.22. The Morgan fingerprint density at radius 3 is 2.80 bits per heavy atom. The standard InChI is InChI=1S/C12H15ClFN/c13-11-5-2-1-4-10(11)12(14)6-3-8-15-9-7-12/h1-2,4-5,15H,3,6-9H2. The molecule has 1 fully saturated rings. The second kappa shape index (κ2) is 4.50. The third kappa shape index (κ3) is 2.32. The van der Waals surface area contributed by atoms with E-state index in [4.69, 9.17) is 11.6 Å². The molecular formula is C12H15ClFN. The van der Waals surface area contributed by atoms with Crippen LogP contribution in [0, 0.1) is 0 Å². The summed E-state index contributed by atoms with van der Waals surface area (Å²) in [6.45, 7) is 1.62. The molecule has 0 saturated carbocycles. The quantitative estimate of drug-likeness (QED) is 0.777. The molecule has 0 bridgehead atoms. The lowest BCUT2D eigenvalue weighted by atomic mass is 9.89. The molecule has 1 unspecified atom stereocenters. The van der Waals surface area contributed by atoms with Crippen molar-refractivity contribution >= 4 is 11.6 Å². The minimum Gasteiger partial charge on any atom is -0.317 e. The number of nitrogens with one attached hydrogen (secondary N) is 1. The number of benzene rings is 1. The fourth-order valence-electron chi connectivity index (χ4n) is 2.12. The first-order valence-electron chi connectivity index (χ1n) is 5.37. The van der Waals surface area contributed by atoms with Gasteiger partial charge in [-0.15, -0.1) is 0 Å². The van der Waals surface area contributed by atoms with Crippen LogP contribution in [0.1, 0.15) is 24.8 Å². The van der Waals surface area contributed by atoms with E-state index in [0.29, 0.717) is 23.4 Å². The van der Waals surface area contributed by atoms with Crippen LogP contribution < -0.4 is 5.32 Å². The lowest BCUT2D eigenvalue weighted by molar-refractivity contribution is 0.145. The average Bonchev–Trinajstić information content (AvgIpc) is 2.44. The van der Waals surface area contributed by atoms with Gasteiger partial charge in [0.15, 0.2) is 0 Å². The molecule has 82 valence electrons. The third-order valence-corrected chi connectivity index (χ3v) is 3.31. The molecule has 1 saturated heterocycles. The minimum absolute atomic E-state index is 0.511. The van der Waals surface area contributed by atoms with Crippen molar-refractivity contribution in [3.63, 3.8) is 0 Å². The minimum atomic E-state index is -1.25. The van der Waals surface area contributed by atoms with Crippen LogP contribution in [-0.2, 0) is 5.67 Å². The fourth-order valence-corrected chi connectivity index (χ4v) is 2.43. The van der Waals surface area contributed by atoms with Gasteiger partial charge < -0.3 is 5.32 Å². The van der Waals surface area contributed by atoms with Gasteiger partial charge in [-0.1, -0.05) is 29.8 Å². The molecule has 1 N–H and O–H groups in total. The maximum Gasteiger partial charge on any atom is 0.138 e. The summed E-state index contributed by atoms with van der Waals surface area (Å²) in [6.07, 6.45) is 1.93. The van der Waals surface area contributed by atoms with E-state index in [2.05, 4.69) is 5.32 Å². The number of hydrogen-bond acceptors (Lipinski definition) is 1. The second-order valence-electron chi connectivity index (χ2n) is 4.05. The first kappa shape index (κ1) is 10.9. The van der Waals surface area contributed by atoms with Gasteiger partial charge in [-0.25, -0.2) is 4.39 Å². The van der Waals surface area contributed by atoms with Crippen molar-refractivity contribution in [3.05, 3.63) is 34.9 Å². The Morgan fingerprint density at radius 2 is 2.00 bits per heavy atom. The molecular weight excluding hydrogens is 213 g/mol. The largest absolute Gasteiger partial charge is 0.317 e. The van der Waals surface area contributed by atoms with E-state index >= 15 is 0 Å². The molecule has 0 aliphatic carbocycles. The molecule has 0 aromatic heterocycles. The van der Waals surface area contributed by atoms with Crippen LogP contribution in [0.2, 0.25) is 5.02 Å². The van der Waals surface area contributed by atoms with E-state index in [1.807, 2.05) is 12.1 Å². The van der Waals surface area contributed by atoms with E-state index in [0.717, 1.165) is 19.5 Å². The van der Waals surface area contributed by atoms with Crippen molar-refractivity contribution in [1.82, 2.24) is 5.32 Å². The summed E-state index contributed by atoms with van der Waals surface area (Å²) in [5.41, 5.74) is -0.600. The smallest absolute Gasteiger partial charge is 0.138 e. The third-order valence-electron chi connectivity index (χ3n) is 2.98. The number of rotatable bonds is 1. The van der Waals surface area contributed by atoms with Crippen LogP contribution in [0.15, 0.2) is 24.3 Å². The molecule has 3 heteroatoms. The summed E-state index contributed by atoms with van der Waals surface area (Å²) >= 11 is 6.04. The maximum atomic E-state index is 14.7. The molecule has 1 aliphatic rings. The highest BCUT2D eigenvalue weighted by Gasteiger charge is 2.33. The van der Waals surface area contributed by atoms with E-state index in [-0.39, 0.29) is 0 Å². The summed E-state index contributed by atoms with van der Waals surface area (Å²) < 4.78 is 14.7. The molecule has 0 radical (unpaired) electrons. The summed E-state index contributed by atoms with van der Waals surface area (Å²) in [4.78, 5) is 0. The zero-order valence-corrected chi connectivity index (χ0v) is 9.36. The van der Waals surface area contributed by atoms with E-state index in [1.165, 1.54) is 0 Å². The van der Waals surface area contributed by atoms with Crippen LogP contribution in [0.5, 0.6) is 0 Å². The van der Waals surface area contributed by atoms with Crippen molar-refractivity contribution in [2.75, 3.05) is 13.1 Å². The van der Waals surface area contributed by atoms with Gasteiger partial charge in [0, 0.05) is 10.6 Å². The predicted molar refractivity (Wildman–Crippen MR) is 61.0 cm³/mol. The molecule has 1 atom stereocenters. The zero-order chi connectivity index (χ0) is 10.7. The van der Waals surface area contributed by atoms with Gasteiger partial charge >= 0.3 is 0 Å². The molecule has 0 spiro atoms. The van der Waals surface area contributed by atoms with Crippen LogP contribution >= 0.6 is 11.6 Å². The highest BCUT2D eigenvalue weighted by molar-refractivity contribution is 6.31. The fraction of sp³-hybridized carbons (Fsp3) is 0.500. The van der Waals surface area contributed by atoms with Gasteiger partial charge in [-0.05, 0) is 38.4 Å². The zero-order valence-electron chi connectivity index (χ0n) is 8.60. The van der Waals surface area contributed by atoms with E-state index in [1.54, 1.807) is 12.1 Å². The van der Waals surface area contributed by atoms with Gasteiger partial charge in [0.05, 0.1) is 0 Å². The highest BCUT2D eigenvalue weighted by atomic mass is 35.5. The molecule has 1 aromatic carbocycles. The average molecular weight is 228 g/mol. The highest BCUT2D eigenvalue weighted by Crippen LogP contribution is 2.39. The van der Waals surface area contributed by atoms with Gasteiger partial charge in [0.2, 0.25) is 0 Å². The Hall–Kier alpha value is -0.600. The normalized spacial score (nSPS) is 27.3. The first-order valence-corrected chi connectivity index (χ1v) is 5.75. The number of alkyl halides is 1. The molecule has 2 rings (SSSR count). The maximum absolute atomic E-state index is 14.7. The Balaban J connectivity index is 2.30. The summed E-state index contributed by atoms with van der Waals surface area (Å²) in [7, 11) is 0. The Morgan fingerprint density at radius 1 is 1.20 bits per heavy atom. The van der Waals surface area contributed by atoms with Crippen molar-refractivity contribution in [2.45, 2.75) is 24.9 Å². The summed E-state index contributed by atoms with van der Waals surface area (Å²) in [6, 6.07) is 7.25. The Kier molecular flexibility index (Phi) is 3.27. The van der Waals surface area contributed by atoms with Crippen LogP contribution in [0.3, 0.4) is 0 Å². The lowest BCUT2D eigenvalue weighted by Crippen LogP contribution is -2.22. The Labute approximate surface area is 94.6 Å². The molecule has 0 amide bonds. The van der Waals surface area contributed by atoms with Crippen molar-refractivity contribution in [1.29, 1.82) is 0 Å². The van der Waals surface area contributed by atoms with Crippen molar-refractivity contribution in [3.8, 4) is 0 Å². The summed E-state index contributed by atoms with van der Waals surface area (Å²) in [5, 5.41) is 3.75. The SMILES string of the molecule is FC1(c2ccccc2Cl)CCCNCC1. The van der Waals surface area contributed by atoms with Crippen LogP contribution in [0.25, 0.3) is 0 Å². The molecule has 1 heterocycles. The lowest BCUT2D eigenvalue weighted by Gasteiger charge is -2.24. The van der Waals surface area contributed by atoms with Crippen LogP contribution in [-0.4, -0.2) is 13.1 Å². The number of halogens is 2. The molecule has 1 aromatic rings. The Bertz CT molecular complexity index is 332. The monoisotopic (exact) mass is 227 g/mol. The molecule has 1 nitrogen and oxygen atoms in total. The van der Waals surface area contributed by atoms with E-state index < -0.39 is 5.67 Å². The molecule has 1 aliphatic heterocycles. The number of hydrogen-bond donors (Lipinski definition) is 1. The van der Waals surface area contributed by atoms with Crippen molar-refractivity contribution < 1.29 is 4.39 Å². The van der Waals surface area contributed by atoms with E-state index in [9.17, 15) is 4.39 Å². The summed E-state index contributed by atoms with van der Waals surface area (Å²) in [5.74, 6) is 0. The topological polar surface area (TPSA) is 12.0 Å².